The van der Waals surface area contributed by atoms with Crippen molar-refractivity contribution in [1.82, 2.24) is 0 Å². The van der Waals surface area contributed by atoms with Crippen LogP contribution in [0.15, 0.2) is 46.9 Å². The van der Waals surface area contributed by atoms with Crippen molar-refractivity contribution in [1.29, 1.82) is 0 Å². The molecule has 0 saturated heterocycles. The van der Waals surface area contributed by atoms with Gasteiger partial charge in [-0.05, 0) is 42.5 Å². The lowest BCUT2D eigenvalue weighted by atomic mass is 10.1. The number of Topliss-reactive ketones (excluding diaryl/α,β-unsaturated/α-hetero) is 1. The number of hydrogen-bond acceptors (Lipinski definition) is 5. The maximum Gasteiger partial charge on any atom is 0.342 e. The number of halogens is 1. The Hall–Kier alpha value is -2.67. The molecule has 0 atom stereocenters. The van der Waals surface area contributed by atoms with Gasteiger partial charge < -0.3 is 15.2 Å². The molecule has 0 spiro atoms. The van der Waals surface area contributed by atoms with E-state index in [0.29, 0.717) is 22.1 Å². The van der Waals surface area contributed by atoms with Gasteiger partial charge in [0.15, 0.2) is 12.4 Å². The lowest BCUT2D eigenvalue weighted by Gasteiger charge is -2.07. The summed E-state index contributed by atoms with van der Waals surface area (Å²) in [6.45, 7) is 1.29. The van der Waals surface area contributed by atoms with Crippen molar-refractivity contribution < 1.29 is 24.2 Å². The van der Waals surface area contributed by atoms with Gasteiger partial charge in [0.05, 0.1) is 0 Å². The van der Waals surface area contributed by atoms with Crippen LogP contribution in [-0.4, -0.2) is 29.4 Å². The first kappa shape index (κ1) is 18.7. The smallest absolute Gasteiger partial charge is 0.342 e. The van der Waals surface area contributed by atoms with Gasteiger partial charge in [0, 0.05) is 22.1 Å². The Balaban J connectivity index is 1.96. The lowest BCUT2D eigenvalue weighted by Crippen LogP contribution is -2.15. The second-order valence-corrected chi connectivity index (χ2v) is 6.06. The Morgan fingerprint density at radius 3 is 2.44 bits per heavy atom. The van der Waals surface area contributed by atoms with E-state index in [1.54, 1.807) is 25.1 Å². The van der Waals surface area contributed by atoms with Gasteiger partial charge >= 0.3 is 5.97 Å². The molecule has 25 heavy (non-hydrogen) atoms. The molecule has 0 aliphatic rings. The quantitative estimate of drug-likeness (QED) is 0.566. The van der Waals surface area contributed by atoms with E-state index in [1.165, 1.54) is 24.3 Å². The lowest BCUT2D eigenvalue weighted by molar-refractivity contribution is -0.115. The average Bonchev–Trinajstić information content (AvgIpc) is 2.61. The number of ether oxygens (including phenoxy) is 1. The van der Waals surface area contributed by atoms with E-state index in [2.05, 4.69) is 21.2 Å². The van der Waals surface area contributed by atoms with E-state index in [1.807, 2.05) is 0 Å². The van der Waals surface area contributed by atoms with Crippen molar-refractivity contribution in [2.45, 2.75) is 13.3 Å². The number of esters is 1. The number of carbonyl (C=O) groups is 3. The molecule has 0 bridgehead atoms. The molecule has 0 aromatic heterocycles. The first-order valence-electron chi connectivity index (χ1n) is 7.49. The van der Waals surface area contributed by atoms with Gasteiger partial charge in [0.25, 0.3) is 0 Å². The summed E-state index contributed by atoms with van der Waals surface area (Å²) in [7, 11) is 0. The molecule has 2 aromatic rings. The molecule has 2 aromatic carbocycles. The predicted molar refractivity (Wildman–Crippen MR) is 95.8 cm³/mol. The minimum absolute atomic E-state index is 0.0280. The fourth-order valence-electron chi connectivity index (χ4n) is 1.95. The van der Waals surface area contributed by atoms with Crippen molar-refractivity contribution in [3.05, 3.63) is 58.1 Å². The van der Waals surface area contributed by atoms with E-state index < -0.39 is 18.4 Å². The van der Waals surface area contributed by atoms with Crippen LogP contribution in [0.2, 0.25) is 0 Å². The Labute approximate surface area is 152 Å². The van der Waals surface area contributed by atoms with Crippen molar-refractivity contribution in [2.75, 3.05) is 11.9 Å². The van der Waals surface area contributed by atoms with Gasteiger partial charge in [-0.3, -0.25) is 9.59 Å². The second kappa shape index (κ2) is 8.43. The monoisotopic (exact) mass is 405 g/mol. The van der Waals surface area contributed by atoms with Gasteiger partial charge in [-0.25, -0.2) is 4.79 Å². The molecule has 0 saturated carbocycles. The topological polar surface area (TPSA) is 92.7 Å². The summed E-state index contributed by atoms with van der Waals surface area (Å²) in [5, 5.41) is 12.3. The molecular formula is C18H16BrNO5. The minimum atomic E-state index is -0.793. The highest BCUT2D eigenvalue weighted by Gasteiger charge is 2.15. The predicted octanol–water partition coefficient (Wildman–Crippen LogP) is 3.54. The molecule has 130 valence electrons. The van der Waals surface area contributed by atoms with E-state index in [0.717, 1.165) is 0 Å². The zero-order valence-corrected chi connectivity index (χ0v) is 15.0. The number of anilines is 1. The molecule has 0 unspecified atom stereocenters. The summed E-state index contributed by atoms with van der Waals surface area (Å²) >= 11 is 3.19. The Morgan fingerprint density at radius 1 is 1.12 bits per heavy atom. The van der Waals surface area contributed by atoms with Crippen LogP contribution in [0.1, 0.15) is 34.1 Å². The number of nitrogens with one attached hydrogen (secondary N) is 1. The van der Waals surface area contributed by atoms with Gasteiger partial charge in [-0.1, -0.05) is 22.9 Å². The highest BCUT2D eigenvalue weighted by Crippen LogP contribution is 2.22. The molecular weight excluding hydrogens is 390 g/mol. The number of carbonyl (C=O) groups excluding carboxylic acids is 3. The molecule has 1 amide bonds. The molecule has 2 rings (SSSR count). The SMILES string of the molecule is CCC(=O)Nc1ccc(C(=O)COC(=O)c2cc(Br)ccc2O)cc1. The maximum absolute atomic E-state index is 12.1. The molecule has 0 aliphatic heterocycles. The first-order chi connectivity index (χ1) is 11.9. The zero-order valence-electron chi connectivity index (χ0n) is 13.4. The maximum atomic E-state index is 12.1. The molecule has 2 N–H and O–H groups in total. The molecule has 0 heterocycles. The number of phenols is 1. The van der Waals surface area contributed by atoms with Crippen LogP contribution in [0.3, 0.4) is 0 Å². The number of rotatable bonds is 6. The Morgan fingerprint density at radius 2 is 1.80 bits per heavy atom. The molecule has 0 fully saturated rings. The van der Waals surface area contributed by atoms with Crippen LogP contribution in [0, 0.1) is 0 Å². The van der Waals surface area contributed by atoms with E-state index in [4.69, 9.17) is 4.74 Å². The number of hydrogen-bond donors (Lipinski definition) is 2. The average molecular weight is 406 g/mol. The van der Waals surface area contributed by atoms with Gasteiger partial charge in [-0.2, -0.15) is 0 Å². The number of phenolic OH excluding ortho intramolecular Hbond substituents is 1. The van der Waals surface area contributed by atoms with Gasteiger partial charge in [0.1, 0.15) is 11.3 Å². The zero-order chi connectivity index (χ0) is 18.4. The van der Waals surface area contributed by atoms with Crippen LogP contribution < -0.4 is 5.32 Å². The van der Waals surface area contributed by atoms with Crippen molar-refractivity contribution in [3.63, 3.8) is 0 Å². The molecule has 0 radical (unpaired) electrons. The van der Waals surface area contributed by atoms with Crippen molar-refractivity contribution in [3.8, 4) is 5.75 Å². The third kappa shape index (κ3) is 5.15. The summed E-state index contributed by atoms with van der Waals surface area (Å²) < 4.78 is 5.56. The van der Waals surface area contributed by atoms with Crippen molar-refractivity contribution >= 4 is 39.3 Å². The van der Waals surface area contributed by atoms with Crippen LogP contribution in [-0.2, 0) is 9.53 Å². The van der Waals surface area contributed by atoms with Gasteiger partial charge in [-0.15, -0.1) is 0 Å². The first-order valence-corrected chi connectivity index (χ1v) is 8.28. The van der Waals surface area contributed by atoms with Crippen LogP contribution in [0.4, 0.5) is 5.69 Å². The van der Waals surface area contributed by atoms with Gasteiger partial charge in [0.2, 0.25) is 5.91 Å². The molecule has 7 heteroatoms. The highest BCUT2D eigenvalue weighted by molar-refractivity contribution is 9.10. The largest absolute Gasteiger partial charge is 0.507 e. The Kier molecular flexibility index (Phi) is 6.30. The second-order valence-electron chi connectivity index (χ2n) is 5.14. The highest BCUT2D eigenvalue weighted by atomic mass is 79.9. The minimum Gasteiger partial charge on any atom is -0.507 e. The van der Waals surface area contributed by atoms with Crippen LogP contribution in [0.5, 0.6) is 5.75 Å². The molecule has 6 nitrogen and oxygen atoms in total. The fraction of sp³-hybridized carbons (Fsp3) is 0.167. The molecule has 0 aliphatic carbocycles. The normalized spacial score (nSPS) is 10.2. The summed E-state index contributed by atoms with van der Waals surface area (Å²) in [5.41, 5.74) is 0.903. The van der Waals surface area contributed by atoms with E-state index >= 15 is 0 Å². The number of aromatic hydroxyl groups is 1. The summed E-state index contributed by atoms with van der Waals surface area (Å²) in [5.74, 6) is -1.53. The van der Waals surface area contributed by atoms with Crippen LogP contribution in [0.25, 0.3) is 0 Å². The van der Waals surface area contributed by atoms with Crippen molar-refractivity contribution in [2.24, 2.45) is 0 Å². The third-order valence-corrected chi connectivity index (χ3v) is 3.82. The summed E-state index contributed by atoms with van der Waals surface area (Å²) in [6, 6.07) is 10.6. The standard InChI is InChI=1S/C18H16BrNO5/c1-2-17(23)20-13-6-3-11(4-7-13)16(22)10-25-18(24)14-9-12(19)5-8-15(14)21/h3-9,21H,2,10H2,1H3,(H,20,23). The Bertz CT molecular complexity index is 802. The van der Waals surface area contributed by atoms with E-state index in [-0.39, 0.29) is 17.2 Å². The third-order valence-electron chi connectivity index (χ3n) is 3.32. The fourth-order valence-corrected chi connectivity index (χ4v) is 2.31. The summed E-state index contributed by atoms with van der Waals surface area (Å²) in [6.07, 6.45) is 0.360. The number of amides is 1. The van der Waals surface area contributed by atoms with Crippen LogP contribution >= 0.6 is 15.9 Å². The summed E-state index contributed by atoms with van der Waals surface area (Å²) in [4.78, 5) is 35.3. The number of benzene rings is 2. The number of ketones is 1. The van der Waals surface area contributed by atoms with E-state index in [9.17, 15) is 19.5 Å².